The topological polar surface area (TPSA) is 59.1 Å². The van der Waals surface area contributed by atoms with Crippen molar-refractivity contribution in [2.24, 2.45) is 0 Å². The number of anilines is 3. The molecule has 5 nitrogen and oxygen atoms in total. The zero-order chi connectivity index (χ0) is 13.5. The van der Waals surface area contributed by atoms with Crippen molar-refractivity contribution in [3.05, 3.63) is 36.5 Å². The quantitative estimate of drug-likeness (QED) is 0.834. The standard InChI is InChI=1S/C14H18N4O/c1-3-9-15-14-16-10-8-13(18-14)17-11-6-4-5-7-12(11)19-2/h4-8,10H,3,9H2,1-2H3,(H2,15,16,17,18). The van der Waals surface area contributed by atoms with Gasteiger partial charge in [0, 0.05) is 12.7 Å². The molecule has 0 saturated heterocycles. The first kappa shape index (κ1) is 13.1. The fourth-order valence-electron chi connectivity index (χ4n) is 1.64. The van der Waals surface area contributed by atoms with Crippen molar-refractivity contribution in [1.29, 1.82) is 0 Å². The number of benzene rings is 1. The highest BCUT2D eigenvalue weighted by Crippen LogP contribution is 2.26. The van der Waals surface area contributed by atoms with E-state index in [0.29, 0.717) is 5.95 Å². The molecule has 100 valence electrons. The van der Waals surface area contributed by atoms with Crippen molar-refractivity contribution in [2.45, 2.75) is 13.3 Å². The number of nitrogens with one attached hydrogen (secondary N) is 2. The number of ether oxygens (including phenoxy) is 1. The van der Waals surface area contributed by atoms with Crippen LogP contribution >= 0.6 is 0 Å². The Hall–Kier alpha value is -2.30. The lowest BCUT2D eigenvalue weighted by Crippen LogP contribution is -2.05. The average Bonchev–Trinajstić information content (AvgIpc) is 2.46. The Bertz CT molecular complexity index is 530. The van der Waals surface area contributed by atoms with Gasteiger partial charge in [0.2, 0.25) is 5.95 Å². The van der Waals surface area contributed by atoms with Gasteiger partial charge in [-0.3, -0.25) is 0 Å². The van der Waals surface area contributed by atoms with Crippen LogP contribution in [0.2, 0.25) is 0 Å². The third kappa shape index (κ3) is 3.58. The van der Waals surface area contributed by atoms with Crippen LogP contribution in [0.1, 0.15) is 13.3 Å². The minimum atomic E-state index is 0.627. The van der Waals surface area contributed by atoms with Crippen LogP contribution in [0.4, 0.5) is 17.5 Å². The maximum absolute atomic E-state index is 5.29. The van der Waals surface area contributed by atoms with Crippen LogP contribution in [0, 0.1) is 0 Å². The lowest BCUT2D eigenvalue weighted by atomic mass is 10.3. The van der Waals surface area contributed by atoms with E-state index in [2.05, 4.69) is 27.5 Å². The van der Waals surface area contributed by atoms with Gasteiger partial charge in [-0.25, -0.2) is 4.98 Å². The van der Waals surface area contributed by atoms with E-state index in [4.69, 9.17) is 4.74 Å². The summed E-state index contributed by atoms with van der Waals surface area (Å²) in [6.07, 6.45) is 2.76. The largest absolute Gasteiger partial charge is 0.495 e. The first-order valence-corrected chi connectivity index (χ1v) is 6.30. The molecule has 1 aromatic heterocycles. The summed E-state index contributed by atoms with van der Waals surface area (Å²) in [5, 5.41) is 6.38. The number of aromatic nitrogens is 2. The Kier molecular flexibility index (Phi) is 4.55. The van der Waals surface area contributed by atoms with Crippen molar-refractivity contribution in [1.82, 2.24) is 9.97 Å². The molecule has 1 aromatic carbocycles. The smallest absolute Gasteiger partial charge is 0.224 e. The van der Waals surface area contributed by atoms with Crippen LogP contribution in [-0.4, -0.2) is 23.6 Å². The SMILES string of the molecule is CCCNc1nccc(Nc2ccccc2OC)n1. The van der Waals surface area contributed by atoms with Gasteiger partial charge in [0.05, 0.1) is 12.8 Å². The molecule has 1 heterocycles. The Morgan fingerprint density at radius 3 is 2.84 bits per heavy atom. The maximum atomic E-state index is 5.29. The predicted molar refractivity (Wildman–Crippen MR) is 77.1 cm³/mol. The lowest BCUT2D eigenvalue weighted by Gasteiger charge is -2.11. The molecule has 0 amide bonds. The lowest BCUT2D eigenvalue weighted by molar-refractivity contribution is 0.417. The zero-order valence-electron chi connectivity index (χ0n) is 11.2. The molecule has 0 spiro atoms. The molecule has 0 bridgehead atoms. The molecular formula is C14H18N4O. The number of nitrogens with zero attached hydrogens (tertiary/aromatic N) is 2. The normalized spacial score (nSPS) is 10.0. The second kappa shape index (κ2) is 6.58. The van der Waals surface area contributed by atoms with Gasteiger partial charge in [-0.05, 0) is 24.6 Å². The molecule has 0 radical (unpaired) electrons. The Labute approximate surface area is 113 Å². The number of hydrogen-bond donors (Lipinski definition) is 2. The molecule has 2 N–H and O–H groups in total. The second-order valence-corrected chi connectivity index (χ2v) is 4.02. The number of rotatable bonds is 6. The van der Waals surface area contributed by atoms with Gasteiger partial charge in [-0.1, -0.05) is 19.1 Å². The number of para-hydroxylation sites is 2. The Balaban J connectivity index is 2.14. The fraction of sp³-hybridized carbons (Fsp3) is 0.286. The van der Waals surface area contributed by atoms with Crippen LogP contribution < -0.4 is 15.4 Å². The number of hydrogen-bond acceptors (Lipinski definition) is 5. The van der Waals surface area contributed by atoms with E-state index in [1.165, 1.54) is 0 Å². The van der Waals surface area contributed by atoms with Gasteiger partial charge in [0.15, 0.2) is 0 Å². The molecule has 0 atom stereocenters. The monoisotopic (exact) mass is 258 g/mol. The molecule has 0 saturated carbocycles. The summed E-state index contributed by atoms with van der Waals surface area (Å²) in [6, 6.07) is 9.55. The molecule has 0 aliphatic rings. The summed E-state index contributed by atoms with van der Waals surface area (Å²) in [7, 11) is 1.65. The van der Waals surface area contributed by atoms with E-state index in [1.54, 1.807) is 13.3 Å². The molecule has 2 aromatic rings. The minimum Gasteiger partial charge on any atom is -0.495 e. The Morgan fingerprint density at radius 1 is 1.21 bits per heavy atom. The summed E-state index contributed by atoms with van der Waals surface area (Å²) < 4.78 is 5.29. The highest BCUT2D eigenvalue weighted by atomic mass is 16.5. The van der Waals surface area contributed by atoms with Gasteiger partial charge in [0.25, 0.3) is 0 Å². The maximum Gasteiger partial charge on any atom is 0.224 e. The summed E-state index contributed by atoms with van der Waals surface area (Å²) in [6.45, 7) is 2.96. The highest BCUT2D eigenvalue weighted by Gasteiger charge is 2.03. The molecule has 0 aliphatic carbocycles. The van der Waals surface area contributed by atoms with Crippen LogP contribution in [0.25, 0.3) is 0 Å². The molecule has 0 fully saturated rings. The van der Waals surface area contributed by atoms with Gasteiger partial charge in [-0.2, -0.15) is 4.98 Å². The average molecular weight is 258 g/mol. The van der Waals surface area contributed by atoms with Crippen molar-refractivity contribution in [3.8, 4) is 5.75 Å². The molecular weight excluding hydrogens is 240 g/mol. The van der Waals surface area contributed by atoms with E-state index < -0.39 is 0 Å². The van der Waals surface area contributed by atoms with Gasteiger partial charge >= 0.3 is 0 Å². The molecule has 19 heavy (non-hydrogen) atoms. The van der Waals surface area contributed by atoms with E-state index in [9.17, 15) is 0 Å². The molecule has 5 heteroatoms. The van der Waals surface area contributed by atoms with Crippen LogP contribution in [0.5, 0.6) is 5.75 Å². The Morgan fingerprint density at radius 2 is 2.05 bits per heavy atom. The summed E-state index contributed by atoms with van der Waals surface area (Å²) in [5.41, 5.74) is 0.880. The first-order chi connectivity index (χ1) is 9.33. The van der Waals surface area contributed by atoms with Crippen molar-refractivity contribution in [2.75, 3.05) is 24.3 Å². The predicted octanol–water partition coefficient (Wildman–Crippen LogP) is 3.05. The van der Waals surface area contributed by atoms with E-state index in [0.717, 1.165) is 30.2 Å². The molecule has 0 aliphatic heterocycles. The van der Waals surface area contributed by atoms with Gasteiger partial charge in [-0.15, -0.1) is 0 Å². The van der Waals surface area contributed by atoms with Gasteiger partial charge in [0.1, 0.15) is 11.6 Å². The zero-order valence-corrected chi connectivity index (χ0v) is 11.2. The summed E-state index contributed by atoms with van der Waals surface area (Å²) >= 11 is 0. The van der Waals surface area contributed by atoms with Crippen molar-refractivity contribution in [3.63, 3.8) is 0 Å². The fourth-order valence-corrected chi connectivity index (χ4v) is 1.64. The first-order valence-electron chi connectivity index (χ1n) is 6.30. The minimum absolute atomic E-state index is 0.627. The van der Waals surface area contributed by atoms with Crippen molar-refractivity contribution < 1.29 is 4.74 Å². The number of methoxy groups -OCH3 is 1. The third-order valence-corrected chi connectivity index (χ3v) is 2.56. The van der Waals surface area contributed by atoms with E-state index in [-0.39, 0.29) is 0 Å². The van der Waals surface area contributed by atoms with Crippen LogP contribution in [-0.2, 0) is 0 Å². The van der Waals surface area contributed by atoms with Gasteiger partial charge < -0.3 is 15.4 Å². The highest BCUT2D eigenvalue weighted by molar-refractivity contribution is 5.64. The van der Waals surface area contributed by atoms with Crippen LogP contribution in [0.15, 0.2) is 36.5 Å². The summed E-state index contributed by atoms with van der Waals surface area (Å²) in [5.74, 6) is 2.14. The second-order valence-electron chi connectivity index (χ2n) is 4.02. The summed E-state index contributed by atoms with van der Waals surface area (Å²) in [4.78, 5) is 8.56. The van der Waals surface area contributed by atoms with E-state index >= 15 is 0 Å². The molecule has 2 rings (SSSR count). The van der Waals surface area contributed by atoms with Crippen LogP contribution in [0.3, 0.4) is 0 Å². The molecule has 0 unspecified atom stereocenters. The third-order valence-electron chi connectivity index (χ3n) is 2.56. The van der Waals surface area contributed by atoms with Crippen molar-refractivity contribution >= 4 is 17.5 Å². The van der Waals surface area contributed by atoms with E-state index in [1.807, 2.05) is 30.3 Å².